The number of nitrogens with one attached hydrogen (secondary N) is 1. The molecule has 1 N–H and O–H groups in total. The van der Waals surface area contributed by atoms with E-state index in [1.807, 2.05) is 30.3 Å². The van der Waals surface area contributed by atoms with E-state index in [1.165, 1.54) is 13.8 Å². The molecule has 0 aliphatic rings. The quantitative estimate of drug-likeness (QED) is 0.297. The molecule has 1 aromatic carbocycles. The van der Waals surface area contributed by atoms with Gasteiger partial charge < -0.3 is 29.0 Å². The summed E-state index contributed by atoms with van der Waals surface area (Å²) < 4.78 is 25.3. The van der Waals surface area contributed by atoms with Crippen LogP contribution in [0.5, 0.6) is 0 Å². The van der Waals surface area contributed by atoms with Crippen molar-refractivity contribution in [1.82, 2.24) is 5.32 Å². The fraction of sp³-hybridized carbons (Fsp3) is 0.550. The highest BCUT2D eigenvalue weighted by atomic mass is 16.6. The molecule has 0 aromatic heterocycles. The lowest BCUT2D eigenvalue weighted by molar-refractivity contribution is -0.166. The summed E-state index contributed by atoms with van der Waals surface area (Å²) in [4.78, 5) is 35.6. The molecule has 1 rings (SSSR count). The molecule has 0 heterocycles. The lowest BCUT2D eigenvalue weighted by atomic mass is 9.93. The van der Waals surface area contributed by atoms with Crippen molar-refractivity contribution in [2.45, 2.75) is 20.4 Å². The van der Waals surface area contributed by atoms with Crippen LogP contribution in [0.15, 0.2) is 30.3 Å². The van der Waals surface area contributed by atoms with Crippen LogP contribution in [0.3, 0.4) is 0 Å². The second kappa shape index (κ2) is 13.5. The topological polar surface area (TPSA) is 109 Å². The smallest absolute Gasteiger partial charge is 0.407 e. The molecule has 9 nitrogen and oxygen atoms in total. The fourth-order valence-corrected chi connectivity index (χ4v) is 2.08. The Morgan fingerprint density at radius 2 is 1.59 bits per heavy atom. The van der Waals surface area contributed by atoms with Gasteiger partial charge in [0, 0.05) is 20.6 Å². The molecule has 9 heteroatoms. The molecule has 1 unspecified atom stereocenters. The van der Waals surface area contributed by atoms with Gasteiger partial charge in [0.05, 0.1) is 19.8 Å². The Bertz CT molecular complexity index is 637. The number of hydrogen-bond acceptors (Lipinski definition) is 8. The van der Waals surface area contributed by atoms with Gasteiger partial charge in [0.2, 0.25) is 0 Å². The van der Waals surface area contributed by atoms with Crippen LogP contribution in [0.4, 0.5) is 4.79 Å². The average molecular weight is 411 g/mol. The first-order chi connectivity index (χ1) is 13.9. The van der Waals surface area contributed by atoms with Gasteiger partial charge in [0.1, 0.15) is 25.2 Å². The van der Waals surface area contributed by atoms with E-state index < -0.39 is 23.4 Å². The summed E-state index contributed by atoms with van der Waals surface area (Å²) in [5.74, 6) is -1.22. The highest BCUT2D eigenvalue weighted by Crippen LogP contribution is 2.20. The number of rotatable bonds is 13. The fourth-order valence-electron chi connectivity index (χ4n) is 2.08. The molecule has 0 bridgehead atoms. The number of hydrogen-bond donors (Lipinski definition) is 1. The Kier molecular flexibility index (Phi) is 11.4. The predicted molar refractivity (Wildman–Crippen MR) is 103 cm³/mol. The van der Waals surface area contributed by atoms with Gasteiger partial charge in [0.25, 0.3) is 0 Å². The number of alkyl carbamates (subject to hydrolysis) is 1. The average Bonchev–Trinajstić information content (AvgIpc) is 2.72. The van der Waals surface area contributed by atoms with Gasteiger partial charge in [-0.1, -0.05) is 30.3 Å². The van der Waals surface area contributed by atoms with Crippen LogP contribution in [0, 0.1) is 5.41 Å². The van der Waals surface area contributed by atoms with Gasteiger partial charge in [-0.3, -0.25) is 9.59 Å². The second-order valence-electron chi connectivity index (χ2n) is 6.50. The van der Waals surface area contributed by atoms with Gasteiger partial charge in [-0.2, -0.15) is 0 Å². The normalized spacial score (nSPS) is 12.5. The summed E-state index contributed by atoms with van der Waals surface area (Å²) in [6.45, 7) is 3.42. The zero-order valence-electron chi connectivity index (χ0n) is 17.1. The van der Waals surface area contributed by atoms with Crippen LogP contribution >= 0.6 is 0 Å². The Hall–Kier alpha value is -2.65. The van der Waals surface area contributed by atoms with Crippen LogP contribution in [0.25, 0.3) is 0 Å². The van der Waals surface area contributed by atoms with Crippen LogP contribution in [0.1, 0.15) is 19.4 Å². The molecule has 0 radical (unpaired) electrons. The van der Waals surface area contributed by atoms with E-state index in [2.05, 4.69) is 5.32 Å². The maximum atomic E-state index is 12.5. The predicted octanol–water partition coefficient (Wildman–Crippen LogP) is 1.69. The first-order valence-electron chi connectivity index (χ1n) is 9.19. The molecule has 0 spiro atoms. The van der Waals surface area contributed by atoms with Gasteiger partial charge in [-0.25, -0.2) is 4.79 Å². The zero-order valence-corrected chi connectivity index (χ0v) is 17.1. The molecule has 1 aromatic rings. The summed E-state index contributed by atoms with van der Waals surface area (Å²) >= 11 is 0. The van der Waals surface area contributed by atoms with Gasteiger partial charge >= 0.3 is 18.0 Å². The van der Waals surface area contributed by atoms with Crippen molar-refractivity contribution in [3.8, 4) is 0 Å². The van der Waals surface area contributed by atoms with Gasteiger partial charge in [-0.05, 0) is 12.5 Å². The van der Waals surface area contributed by atoms with E-state index >= 15 is 0 Å². The molecule has 0 saturated heterocycles. The largest absolute Gasteiger partial charge is 0.465 e. The lowest BCUT2D eigenvalue weighted by Crippen LogP contribution is -2.41. The molecular formula is C20H29NO8. The summed E-state index contributed by atoms with van der Waals surface area (Å²) in [7, 11) is 1.56. The van der Waals surface area contributed by atoms with Crippen molar-refractivity contribution in [1.29, 1.82) is 0 Å². The van der Waals surface area contributed by atoms with Crippen molar-refractivity contribution in [3.05, 3.63) is 35.9 Å². The minimum Gasteiger partial charge on any atom is -0.465 e. The van der Waals surface area contributed by atoms with E-state index in [-0.39, 0.29) is 33.0 Å². The molecule has 0 aliphatic carbocycles. The monoisotopic (exact) mass is 411 g/mol. The highest BCUT2D eigenvalue weighted by molar-refractivity contribution is 5.78. The Balaban J connectivity index is 2.50. The maximum absolute atomic E-state index is 12.5. The molecule has 1 atom stereocenters. The number of methoxy groups -OCH3 is 1. The molecule has 29 heavy (non-hydrogen) atoms. The third-order valence-corrected chi connectivity index (χ3v) is 3.78. The number of carbonyl (C=O) groups excluding carboxylic acids is 3. The molecule has 1 amide bonds. The van der Waals surface area contributed by atoms with E-state index in [9.17, 15) is 14.4 Å². The number of esters is 2. The van der Waals surface area contributed by atoms with Crippen LogP contribution in [0.2, 0.25) is 0 Å². The molecule has 0 aliphatic heterocycles. The first-order valence-corrected chi connectivity index (χ1v) is 9.19. The van der Waals surface area contributed by atoms with Crippen molar-refractivity contribution in [2.75, 3.05) is 46.8 Å². The van der Waals surface area contributed by atoms with E-state index in [4.69, 9.17) is 23.7 Å². The van der Waals surface area contributed by atoms with Crippen LogP contribution in [-0.4, -0.2) is 64.8 Å². The van der Waals surface area contributed by atoms with Crippen molar-refractivity contribution < 1.29 is 38.1 Å². The summed E-state index contributed by atoms with van der Waals surface area (Å²) in [6.07, 6.45) is -0.696. The number of amides is 1. The van der Waals surface area contributed by atoms with Crippen molar-refractivity contribution in [3.63, 3.8) is 0 Å². The van der Waals surface area contributed by atoms with Gasteiger partial charge in [0.15, 0.2) is 0 Å². The summed E-state index contributed by atoms with van der Waals surface area (Å²) in [6, 6.07) is 9.30. The Morgan fingerprint density at radius 3 is 2.24 bits per heavy atom. The minimum absolute atomic E-state index is 0.0123. The van der Waals surface area contributed by atoms with E-state index in [0.29, 0.717) is 13.2 Å². The second-order valence-corrected chi connectivity index (χ2v) is 6.50. The lowest BCUT2D eigenvalue weighted by Gasteiger charge is -2.26. The molecule has 0 fully saturated rings. The number of ether oxygens (including phenoxy) is 5. The van der Waals surface area contributed by atoms with E-state index in [0.717, 1.165) is 5.56 Å². The summed E-state index contributed by atoms with van der Waals surface area (Å²) in [5.41, 5.74) is -0.442. The molecule has 162 valence electrons. The van der Waals surface area contributed by atoms with Gasteiger partial charge in [-0.15, -0.1) is 0 Å². The molecular weight excluding hydrogens is 382 g/mol. The Labute approximate surface area is 170 Å². The van der Waals surface area contributed by atoms with Crippen LogP contribution in [-0.2, 0) is 39.8 Å². The van der Waals surface area contributed by atoms with Crippen molar-refractivity contribution in [2.24, 2.45) is 5.41 Å². The SMILES string of the molecule is COCCOCCOC(=O)C(C)(COC(C)=O)COC(=O)NCc1ccccc1. The van der Waals surface area contributed by atoms with Crippen molar-refractivity contribution >= 4 is 18.0 Å². The third-order valence-electron chi connectivity index (χ3n) is 3.78. The number of carbonyl (C=O) groups is 3. The van der Waals surface area contributed by atoms with E-state index in [1.54, 1.807) is 7.11 Å². The number of benzene rings is 1. The standard InChI is InChI=1S/C20H29NO8/c1-16(22)28-14-20(2,18(23)27-12-11-26-10-9-25-3)15-29-19(24)21-13-17-7-5-4-6-8-17/h4-8H,9-15H2,1-3H3,(H,21,24). The summed E-state index contributed by atoms with van der Waals surface area (Å²) in [5, 5.41) is 2.59. The highest BCUT2D eigenvalue weighted by Gasteiger charge is 2.38. The first kappa shape index (κ1) is 24.4. The Morgan fingerprint density at radius 1 is 0.931 bits per heavy atom. The minimum atomic E-state index is -1.34. The maximum Gasteiger partial charge on any atom is 0.407 e. The molecule has 0 saturated carbocycles. The zero-order chi connectivity index (χ0) is 21.5. The van der Waals surface area contributed by atoms with Crippen LogP contribution < -0.4 is 5.32 Å². The third kappa shape index (κ3) is 10.5.